The highest BCUT2D eigenvalue weighted by Crippen LogP contribution is 2.28. The van der Waals surface area contributed by atoms with Gasteiger partial charge in [0, 0.05) is 18.7 Å². The number of anilines is 1. The summed E-state index contributed by atoms with van der Waals surface area (Å²) in [6.07, 6.45) is 4.20. The average molecular weight is 272 g/mol. The standard InChI is InChI=1S/C15H20N4O/c1-19-7-5-12(6-8-19)20-13-4-2-3-11(9-13)14-10-17-18-15(14)16/h2-4,9-10,12H,5-8H2,1H3,(H3,16,17,18). The molecule has 0 bridgehead atoms. The molecule has 106 valence electrons. The Morgan fingerprint density at radius 1 is 1.35 bits per heavy atom. The normalized spacial score (nSPS) is 17.2. The number of nitrogens with two attached hydrogens (primary N) is 1. The van der Waals surface area contributed by atoms with Crippen molar-refractivity contribution in [3.63, 3.8) is 0 Å². The van der Waals surface area contributed by atoms with Gasteiger partial charge in [0.2, 0.25) is 0 Å². The van der Waals surface area contributed by atoms with Crippen LogP contribution in [0.25, 0.3) is 11.1 Å². The van der Waals surface area contributed by atoms with Crippen LogP contribution in [0.2, 0.25) is 0 Å². The van der Waals surface area contributed by atoms with Crippen molar-refractivity contribution < 1.29 is 4.74 Å². The van der Waals surface area contributed by atoms with Crippen molar-refractivity contribution >= 4 is 5.82 Å². The van der Waals surface area contributed by atoms with Crippen molar-refractivity contribution in [2.75, 3.05) is 25.9 Å². The van der Waals surface area contributed by atoms with Crippen LogP contribution in [0.4, 0.5) is 5.82 Å². The lowest BCUT2D eigenvalue weighted by Gasteiger charge is -2.29. The fourth-order valence-electron chi connectivity index (χ4n) is 2.56. The highest BCUT2D eigenvalue weighted by atomic mass is 16.5. The number of hydrogen-bond acceptors (Lipinski definition) is 4. The van der Waals surface area contributed by atoms with E-state index in [0.29, 0.717) is 11.9 Å². The second-order valence-electron chi connectivity index (χ2n) is 5.35. The minimum atomic E-state index is 0.308. The number of nitrogens with one attached hydrogen (secondary N) is 1. The number of nitrogen functional groups attached to an aromatic ring is 1. The average Bonchev–Trinajstić information content (AvgIpc) is 2.88. The Morgan fingerprint density at radius 2 is 2.15 bits per heavy atom. The van der Waals surface area contributed by atoms with E-state index in [2.05, 4.69) is 22.1 Å². The molecule has 1 aromatic carbocycles. The van der Waals surface area contributed by atoms with E-state index < -0.39 is 0 Å². The Labute approximate surface area is 118 Å². The van der Waals surface area contributed by atoms with Crippen LogP contribution in [0.3, 0.4) is 0 Å². The summed E-state index contributed by atoms with van der Waals surface area (Å²) in [4.78, 5) is 2.34. The second kappa shape index (κ2) is 5.54. The zero-order valence-corrected chi connectivity index (χ0v) is 11.7. The smallest absolute Gasteiger partial charge is 0.126 e. The molecule has 1 aromatic heterocycles. The molecular formula is C15H20N4O. The number of likely N-dealkylation sites (tertiary alicyclic amines) is 1. The van der Waals surface area contributed by atoms with Gasteiger partial charge in [-0.1, -0.05) is 12.1 Å². The number of aromatic nitrogens is 2. The topological polar surface area (TPSA) is 67.2 Å². The second-order valence-corrected chi connectivity index (χ2v) is 5.35. The largest absolute Gasteiger partial charge is 0.490 e. The molecule has 20 heavy (non-hydrogen) atoms. The molecule has 1 aliphatic heterocycles. The van der Waals surface area contributed by atoms with Gasteiger partial charge in [-0.25, -0.2) is 0 Å². The van der Waals surface area contributed by atoms with Gasteiger partial charge in [-0.3, -0.25) is 5.10 Å². The van der Waals surface area contributed by atoms with Gasteiger partial charge in [-0.15, -0.1) is 0 Å². The first kappa shape index (κ1) is 13.0. The lowest BCUT2D eigenvalue weighted by atomic mass is 10.1. The van der Waals surface area contributed by atoms with Gasteiger partial charge in [-0.2, -0.15) is 5.10 Å². The molecule has 0 unspecified atom stereocenters. The molecule has 0 amide bonds. The summed E-state index contributed by atoms with van der Waals surface area (Å²) in [5.41, 5.74) is 7.80. The molecule has 2 heterocycles. The first-order valence-electron chi connectivity index (χ1n) is 6.97. The lowest BCUT2D eigenvalue weighted by molar-refractivity contribution is 0.114. The molecule has 1 aliphatic rings. The SMILES string of the molecule is CN1CCC(Oc2cccc(-c3cn[nH]c3N)c2)CC1. The van der Waals surface area contributed by atoms with Gasteiger partial charge in [0.15, 0.2) is 0 Å². The van der Waals surface area contributed by atoms with E-state index in [9.17, 15) is 0 Å². The maximum absolute atomic E-state index is 6.08. The Morgan fingerprint density at radius 3 is 2.85 bits per heavy atom. The van der Waals surface area contributed by atoms with Crippen LogP contribution in [0.5, 0.6) is 5.75 Å². The van der Waals surface area contributed by atoms with Crippen molar-refractivity contribution in [1.82, 2.24) is 15.1 Å². The van der Waals surface area contributed by atoms with E-state index in [0.717, 1.165) is 42.8 Å². The summed E-state index contributed by atoms with van der Waals surface area (Å²) in [5, 5.41) is 6.71. The predicted molar refractivity (Wildman–Crippen MR) is 79.6 cm³/mol. The molecule has 3 rings (SSSR count). The van der Waals surface area contributed by atoms with Crippen LogP contribution < -0.4 is 10.5 Å². The van der Waals surface area contributed by atoms with E-state index in [-0.39, 0.29) is 0 Å². The number of rotatable bonds is 3. The van der Waals surface area contributed by atoms with Crippen LogP contribution in [0, 0.1) is 0 Å². The lowest BCUT2D eigenvalue weighted by Crippen LogP contribution is -2.35. The van der Waals surface area contributed by atoms with Crippen LogP contribution in [-0.2, 0) is 0 Å². The summed E-state index contributed by atoms with van der Waals surface area (Å²) >= 11 is 0. The number of ether oxygens (including phenoxy) is 1. The van der Waals surface area contributed by atoms with E-state index in [1.807, 2.05) is 24.3 Å². The van der Waals surface area contributed by atoms with Crippen LogP contribution in [0.15, 0.2) is 30.5 Å². The molecule has 2 aromatic rings. The molecule has 0 atom stereocenters. The molecule has 5 nitrogen and oxygen atoms in total. The predicted octanol–water partition coefficient (Wildman–Crippen LogP) is 2.13. The third-order valence-electron chi connectivity index (χ3n) is 3.78. The molecule has 0 aliphatic carbocycles. The summed E-state index contributed by atoms with van der Waals surface area (Å²) < 4.78 is 6.08. The fraction of sp³-hybridized carbons (Fsp3) is 0.400. The number of piperidine rings is 1. The summed E-state index contributed by atoms with van der Waals surface area (Å²) in [7, 11) is 2.15. The highest BCUT2D eigenvalue weighted by Gasteiger charge is 2.18. The highest BCUT2D eigenvalue weighted by molar-refractivity contribution is 5.73. The molecule has 3 N–H and O–H groups in total. The number of aromatic amines is 1. The third-order valence-corrected chi connectivity index (χ3v) is 3.78. The van der Waals surface area contributed by atoms with Crippen molar-refractivity contribution in [2.45, 2.75) is 18.9 Å². The molecule has 1 saturated heterocycles. The van der Waals surface area contributed by atoms with Crippen LogP contribution >= 0.6 is 0 Å². The Balaban J connectivity index is 1.73. The Bertz CT molecular complexity index is 573. The number of benzene rings is 1. The van der Waals surface area contributed by atoms with E-state index >= 15 is 0 Å². The van der Waals surface area contributed by atoms with Crippen LogP contribution in [0.1, 0.15) is 12.8 Å². The van der Waals surface area contributed by atoms with Crippen molar-refractivity contribution in [3.05, 3.63) is 30.5 Å². The minimum absolute atomic E-state index is 0.308. The Hall–Kier alpha value is -2.01. The van der Waals surface area contributed by atoms with Gasteiger partial charge >= 0.3 is 0 Å². The zero-order chi connectivity index (χ0) is 13.9. The fourth-order valence-corrected chi connectivity index (χ4v) is 2.56. The number of H-pyrrole nitrogens is 1. The number of nitrogens with zero attached hydrogens (tertiary/aromatic N) is 2. The van der Waals surface area contributed by atoms with Crippen molar-refractivity contribution in [1.29, 1.82) is 0 Å². The van der Waals surface area contributed by atoms with Gasteiger partial charge in [-0.05, 0) is 37.6 Å². The molecule has 0 radical (unpaired) electrons. The van der Waals surface area contributed by atoms with Crippen LogP contribution in [-0.4, -0.2) is 41.3 Å². The summed E-state index contributed by atoms with van der Waals surface area (Å²) in [6.45, 7) is 2.19. The first-order chi connectivity index (χ1) is 9.72. The van der Waals surface area contributed by atoms with Crippen molar-refractivity contribution in [2.24, 2.45) is 0 Å². The summed E-state index contributed by atoms with van der Waals surface area (Å²) in [6, 6.07) is 8.03. The molecule has 0 saturated carbocycles. The minimum Gasteiger partial charge on any atom is -0.490 e. The monoisotopic (exact) mass is 272 g/mol. The maximum atomic E-state index is 6.08. The maximum Gasteiger partial charge on any atom is 0.126 e. The Kier molecular flexibility index (Phi) is 3.60. The van der Waals surface area contributed by atoms with Crippen molar-refractivity contribution in [3.8, 4) is 16.9 Å². The molecular weight excluding hydrogens is 252 g/mol. The van der Waals surface area contributed by atoms with Gasteiger partial charge in [0.1, 0.15) is 17.7 Å². The quantitative estimate of drug-likeness (QED) is 0.898. The van der Waals surface area contributed by atoms with E-state index in [1.165, 1.54) is 0 Å². The van der Waals surface area contributed by atoms with E-state index in [4.69, 9.17) is 10.5 Å². The zero-order valence-electron chi connectivity index (χ0n) is 11.7. The molecule has 5 heteroatoms. The van der Waals surface area contributed by atoms with E-state index in [1.54, 1.807) is 6.20 Å². The van der Waals surface area contributed by atoms with Gasteiger partial charge in [0.25, 0.3) is 0 Å². The number of hydrogen-bond donors (Lipinski definition) is 2. The molecule has 0 spiro atoms. The molecule has 1 fully saturated rings. The summed E-state index contributed by atoms with van der Waals surface area (Å²) in [5.74, 6) is 1.49. The first-order valence-corrected chi connectivity index (χ1v) is 6.97. The van der Waals surface area contributed by atoms with Gasteiger partial charge in [0.05, 0.1) is 6.20 Å². The van der Waals surface area contributed by atoms with Gasteiger partial charge < -0.3 is 15.4 Å². The third kappa shape index (κ3) is 2.77.